The van der Waals surface area contributed by atoms with Crippen molar-refractivity contribution in [2.45, 2.75) is 52.4 Å². The molecule has 1 aromatic heterocycles. The lowest BCUT2D eigenvalue weighted by Crippen LogP contribution is -2.37. The van der Waals surface area contributed by atoms with E-state index in [1.807, 2.05) is 44.6 Å². The van der Waals surface area contributed by atoms with E-state index in [9.17, 15) is 5.11 Å². The van der Waals surface area contributed by atoms with Crippen LogP contribution in [-0.4, -0.2) is 65.6 Å². The Bertz CT molecular complexity index is 733. The molecule has 2 aromatic rings. The number of imidazole rings is 1. The van der Waals surface area contributed by atoms with Gasteiger partial charge in [-0.15, -0.1) is 0 Å². The summed E-state index contributed by atoms with van der Waals surface area (Å²) in [6.07, 6.45) is 4.32. The summed E-state index contributed by atoms with van der Waals surface area (Å²) in [4.78, 5) is 6.33. The van der Waals surface area contributed by atoms with Crippen molar-refractivity contribution < 1.29 is 14.6 Å². The van der Waals surface area contributed by atoms with Crippen LogP contribution in [0.15, 0.2) is 30.6 Å². The minimum absolute atomic E-state index is 0.231. The van der Waals surface area contributed by atoms with Crippen LogP contribution in [0.4, 0.5) is 0 Å². The number of aliphatic hydroxyl groups is 1. The Morgan fingerprint density at radius 3 is 2.72 bits per heavy atom. The third kappa shape index (κ3) is 7.68. The van der Waals surface area contributed by atoms with E-state index in [-0.39, 0.29) is 6.61 Å². The van der Waals surface area contributed by atoms with Crippen molar-refractivity contribution in [1.29, 1.82) is 0 Å². The molecule has 7 nitrogen and oxygen atoms in total. The molecule has 2 N–H and O–H groups in total. The normalized spacial score (nSPS) is 12.6. The minimum Gasteiger partial charge on any atom is -0.493 e. The highest BCUT2D eigenvalue weighted by Gasteiger charge is 2.13. The number of likely N-dealkylation sites (N-methyl/N-ethyl adjacent to an activating group) is 1. The Kier molecular flexibility index (Phi) is 9.44. The van der Waals surface area contributed by atoms with Crippen LogP contribution >= 0.6 is 0 Å². The van der Waals surface area contributed by atoms with Crippen molar-refractivity contribution in [3.8, 4) is 11.5 Å². The number of aromatic nitrogens is 2. The molecule has 0 saturated carbocycles. The van der Waals surface area contributed by atoms with Gasteiger partial charge in [-0.25, -0.2) is 4.98 Å². The summed E-state index contributed by atoms with van der Waals surface area (Å²) in [5.74, 6) is 2.38. The van der Waals surface area contributed by atoms with Gasteiger partial charge in [-0.05, 0) is 58.5 Å². The number of rotatable bonds is 13. The number of aryl methyl sites for hydroxylation is 2. The predicted octanol–water partition coefficient (Wildman–Crippen LogP) is 2.46. The molecule has 7 heteroatoms. The topological polar surface area (TPSA) is 71.8 Å². The first-order valence-corrected chi connectivity index (χ1v) is 10.3. The summed E-state index contributed by atoms with van der Waals surface area (Å²) in [7, 11) is 3.62. The molecule has 1 aromatic carbocycles. The Balaban J connectivity index is 1.80. The van der Waals surface area contributed by atoms with Crippen LogP contribution in [0.3, 0.4) is 0 Å². The molecule has 0 aliphatic rings. The first-order chi connectivity index (χ1) is 13.9. The van der Waals surface area contributed by atoms with Gasteiger partial charge in [0, 0.05) is 38.1 Å². The predicted molar refractivity (Wildman–Crippen MR) is 116 cm³/mol. The van der Waals surface area contributed by atoms with E-state index < -0.39 is 6.10 Å². The maximum atomic E-state index is 10.2. The van der Waals surface area contributed by atoms with Gasteiger partial charge in [0.15, 0.2) is 11.5 Å². The van der Waals surface area contributed by atoms with Crippen LogP contribution in [-0.2, 0) is 13.1 Å². The van der Waals surface area contributed by atoms with Gasteiger partial charge in [-0.2, -0.15) is 0 Å². The zero-order valence-electron chi connectivity index (χ0n) is 18.4. The van der Waals surface area contributed by atoms with Gasteiger partial charge in [0.25, 0.3) is 0 Å². The average Bonchev–Trinajstić information content (AvgIpc) is 3.10. The number of hydrogen-bond donors (Lipinski definition) is 2. The Hall–Kier alpha value is -2.09. The largest absolute Gasteiger partial charge is 0.493 e. The molecule has 1 atom stereocenters. The third-order valence-corrected chi connectivity index (χ3v) is 5.04. The average molecular weight is 405 g/mol. The van der Waals surface area contributed by atoms with Gasteiger partial charge in [0.05, 0.1) is 7.11 Å². The number of nitrogens with zero attached hydrogens (tertiary/aromatic N) is 3. The van der Waals surface area contributed by atoms with Gasteiger partial charge in [-0.1, -0.05) is 6.07 Å². The molecule has 0 aliphatic carbocycles. The standard InChI is InChI=1S/C22H36N4O3/c1-17(2)25(4)15-20(27)16-29-22-13-19(7-8-21(22)28-5)14-23-9-6-11-26-12-10-24-18(26)3/h7-8,10,12-13,17,20,23,27H,6,9,11,14-16H2,1-5H3/t20-/m0/s1. The minimum atomic E-state index is -0.555. The lowest BCUT2D eigenvalue weighted by Gasteiger charge is -2.24. The molecule has 29 heavy (non-hydrogen) atoms. The summed E-state index contributed by atoms with van der Waals surface area (Å²) in [5, 5.41) is 13.7. The molecule has 1 heterocycles. The molecular formula is C22H36N4O3. The van der Waals surface area contributed by atoms with Gasteiger partial charge in [0.2, 0.25) is 0 Å². The first kappa shape index (κ1) is 23.2. The van der Waals surface area contributed by atoms with E-state index in [1.54, 1.807) is 7.11 Å². The first-order valence-electron chi connectivity index (χ1n) is 10.3. The number of ether oxygens (including phenoxy) is 2. The van der Waals surface area contributed by atoms with Crippen molar-refractivity contribution >= 4 is 0 Å². The van der Waals surface area contributed by atoms with Gasteiger partial charge >= 0.3 is 0 Å². The summed E-state index contributed by atoms with van der Waals surface area (Å²) in [6, 6.07) is 6.30. The van der Waals surface area contributed by atoms with E-state index in [2.05, 4.69) is 33.6 Å². The zero-order chi connectivity index (χ0) is 21.2. The summed E-state index contributed by atoms with van der Waals surface area (Å²) in [5.41, 5.74) is 1.12. The number of aliphatic hydroxyl groups excluding tert-OH is 1. The SMILES string of the molecule is COc1ccc(CNCCCn2ccnc2C)cc1OC[C@@H](O)CN(C)C(C)C. The second kappa shape index (κ2) is 11.8. The van der Waals surface area contributed by atoms with E-state index in [1.165, 1.54) is 0 Å². The van der Waals surface area contributed by atoms with Gasteiger partial charge in [-0.3, -0.25) is 0 Å². The molecule has 0 spiro atoms. The fourth-order valence-corrected chi connectivity index (χ4v) is 2.97. The molecule has 0 saturated heterocycles. The number of benzene rings is 1. The molecule has 2 rings (SSSR count). The maximum absolute atomic E-state index is 10.2. The lowest BCUT2D eigenvalue weighted by atomic mass is 10.2. The number of nitrogens with one attached hydrogen (secondary N) is 1. The molecule has 0 amide bonds. The maximum Gasteiger partial charge on any atom is 0.161 e. The van der Waals surface area contributed by atoms with E-state index in [0.29, 0.717) is 24.1 Å². The Morgan fingerprint density at radius 1 is 1.28 bits per heavy atom. The smallest absolute Gasteiger partial charge is 0.161 e. The fraction of sp³-hybridized carbons (Fsp3) is 0.591. The van der Waals surface area contributed by atoms with Crippen LogP contribution in [0.2, 0.25) is 0 Å². The lowest BCUT2D eigenvalue weighted by molar-refractivity contribution is 0.0668. The molecule has 0 radical (unpaired) electrons. The fourth-order valence-electron chi connectivity index (χ4n) is 2.97. The molecule has 162 valence electrons. The van der Waals surface area contributed by atoms with Crippen molar-refractivity contribution in [2.24, 2.45) is 0 Å². The zero-order valence-corrected chi connectivity index (χ0v) is 18.4. The number of hydrogen-bond acceptors (Lipinski definition) is 6. The summed E-state index contributed by atoms with van der Waals surface area (Å²) < 4.78 is 13.4. The molecule has 0 bridgehead atoms. The molecule has 0 unspecified atom stereocenters. The van der Waals surface area contributed by atoms with E-state index in [0.717, 1.165) is 37.4 Å². The van der Waals surface area contributed by atoms with Crippen LogP contribution in [0.5, 0.6) is 11.5 Å². The highest BCUT2D eigenvalue weighted by molar-refractivity contribution is 5.43. The van der Waals surface area contributed by atoms with Crippen LogP contribution in [0, 0.1) is 6.92 Å². The van der Waals surface area contributed by atoms with Gasteiger partial charge in [0.1, 0.15) is 18.5 Å². The highest BCUT2D eigenvalue weighted by Crippen LogP contribution is 2.28. The number of methoxy groups -OCH3 is 1. The molecular weight excluding hydrogens is 368 g/mol. The summed E-state index contributed by atoms with van der Waals surface area (Å²) >= 11 is 0. The summed E-state index contributed by atoms with van der Waals surface area (Å²) in [6.45, 7) is 9.64. The van der Waals surface area contributed by atoms with Crippen molar-refractivity contribution in [2.75, 3.05) is 33.9 Å². The van der Waals surface area contributed by atoms with Crippen molar-refractivity contribution in [3.05, 3.63) is 42.0 Å². The van der Waals surface area contributed by atoms with Crippen LogP contribution in [0.1, 0.15) is 31.7 Å². The van der Waals surface area contributed by atoms with Gasteiger partial charge < -0.3 is 29.4 Å². The van der Waals surface area contributed by atoms with Crippen molar-refractivity contribution in [1.82, 2.24) is 19.8 Å². The Labute approximate surface area is 174 Å². The van der Waals surface area contributed by atoms with E-state index in [4.69, 9.17) is 9.47 Å². The second-order valence-corrected chi connectivity index (χ2v) is 7.68. The Morgan fingerprint density at radius 2 is 2.07 bits per heavy atom. The van der Waals surface area contributed by atoms with Crippen LogP contribution < -0.4 is 14.8 Å². The quantitative estimate of drug-likeness (QED) is 0.500. The monoisotopic (exact) mass is 404 g/mol. The third-order valence-electron chi connectivity index (χ3n) is 5.04. The molecule has 0 fully saturated rings. The van der Waals surface area contributed by atoms with Crippen LogP contribution in [0.25, 0.3) is 0 Å². The second-order valence-electron chi connectivity index (χ2n) is 7.68. The molecule has 0 aliphatic heterocycles. The highest BCUT2D eigenvalue weighted by atomic mass is 16.5. The van der Waals surface area contributed by atoms with Crippen molar-refractivity contribution in [3.63, 3.8) is 0 Å². The van der Waals surface area contributed by atoms with E-state index >= 15 is 0 Å².